The van der Waals surface area contributed by atoms with Crippen LogP contribution in [-0.4, -0.2) is 14.2 Å². The highest BCUT2D eigenvalue weighted by Gasteiger charge is 2.12. The third-order valence-corrected chi connectivity index (χ3v) is 4.09. The number of hydrogen-bond acceptors (Lipinski definition) is 2. The molecule has 0 bridgehead atoms. The van der Waals surface area contributed by atoms with Gasteiger partial charge in [0.15, 0.2) is 11.5 Å². The molecule has 3 rings (SSSR count). The molecule has 0 aliphatic rings. The molecule has 26 heavy (non-hydrogen) atoms. The average molecular weight is 342 g/mol. The molecular formula is C24H22O2. The molecule has 0 aromatic heterocycles. The summed E-state index contributed by atoms with van der Waals surface area (Å²) in [6.07, 6.45) is 8.22. The maximum Gasteiger partial charge on any atom is 0.168 e. The molecule has 0 fully saturated rings. The second-order valence-electron chi connectivity index (χ2n) is 5.80. The predicted octanol–water partition coefficient (Wildman–Crippen LogP) is 6.04. The summed E-state index contributed by atoms with van der Waals surface area (Å²) < 4.78 is 11.3. The minimum absolute atomic E-state index is 0.731. The zero-order valence-corrected chi connectivity index (χ0v) is 15.1. The lowest BCUT2D eigenvalue weighted by atomic mass is 10.1. The van der Waals surface area contributed by atoms with E-state index in [9.17, 15) is 0 Å². The summed E-state index contributed by atoms with van der Waals surface area (Å²) >= 11 is 0. The summed E-state index contributed by atoms with van der Waals surface area (Å²) in [6.45, 7) is 0. The first-order valence-corrected chi connectivity index (χ1v) is 8.53. The van der Waals surface area contributed by atoms with E-state index in [4.69, 9.17) is 9.47 Å². The Labute approximate surface area is 155 Å². The van der Waals surface area contributed by atoms with Gasteiger partial charge in [-0.1, -0.05) is 97.1 Å². The van der Waals surface area contributed by atoms with Gasteiger partial charge in [0.2, 0.25) is 0 Å². The molecule has 0 saturated heterocycles. The van der Waals surface area contributed by atoms with Crippen molar-refractivity contribution >= 4 is 24.3 Å². The Bertz CT molecular complexity index is 818. The van der Waals surface area contributed by atoms with E-state index in [0.29, 0.717) is 0 Å². The highest BCUT2D eigenvalue weighted by molar-refractivity contribution is 5.80. The zero-order chi connectivity index (χ0) is 18.2. The summed E-state index contributed by atoms with van der Waals surface area (Å²) in [7, 11) is 3.34. The van der Waals surface area contributed by atoms with Crippen molar-refractivity contribution in [2.45, 2.75) is 0 Å². The van der Waals surface area contributed by atoms with Crippen LogP contribution in [0.5, 0.6) is 11.5 Å². The summed E-state index contributed by atoms with van der Waals surface area (Å²) in [5, 5.41) is 0. The van der Waals surface area contributed by atoms with Crippen LogP contribution in [0.25, 0.3) is 24.3 Å². The van der Waals surface area contributed by atoms with Crippen LogP contribution in [0.15, 0.2) is 72.8 Å². The summed E-state index contributed by atoms with van der Waals surface area (Å²) in [5.41, 5.74) is 4.23. The molecule has 0 N–H and O–H groups in total. The Morgan fingerprint density at radius 1 is 0.500 bits per heavy atom. The third kappa shape index (κ3) is 4.22. The lowest BCUT2D eigenvalue weighted by molar-refractivity contribution is 0.354. The van der Waals surface area contributed by atoms with Gasteiger partial charge in [0.25, 0.3) is 0 Å². The van der Waals surface area contributed by atoms with E-state index in [-0.39, 0.29) is 0 Å². The average Bonchev–Trinajstić information content (AvgIpc) is 2.71. The first-order chi connectivity index (χ1) is 12.8. The number of ether oxygens (including phenoxy) is 2. The van der Waals surface area contributed by atoms with Gasteiger partial charge in [-0.3, -0.25) is 0 Å². The second-order valence-corrected chi connectivity index (χ2v) is 5.80. The fourth-order valence-corrected chi connectivity index (χ4v) is 2.78. The molecule has 3 aromatic rings. The van der Waals surface area contributed by atoms with Crippen molar-refractivity contribution in [2.24, 2.45) is 0 Å². The van der Waals surface area contributed by atoms with Gasteiger partial charge in [-0.05, 0) is 11.1 Å². The Morgan fingerprint density at radius 3 is 1.23 bits per heavy atom. The second kappa shape index (κ2) is 8.72. The van der Waals surface area contributed by atoms with Crippen LogP contribution in [0.3, 0.4) is 0 Å². The molecule has 0 unspecified atom stereocenters. The minimum atomic E-state index is 0.731. The molecule has 0 amide bonds. The van der Waals surface area contributed by atoms with Crippen molar-refractivity contribution in [3.63, 3.8) is 0 Å². The van der Waals surface area contributed by atoms with E-state index in [1.54, 1.807) is 14.2 Å². The van der Waals surface area contributed by atoms with Gasteiger partial charge < -0.3 is 9.47 Å². The van der Waals surface area contributed by atoms with E-state index >= 15 is 0 Å². The molecule has 2 nitrogen and oxygen atoms in total. The minimum Gasteiger partial charge on any atom is -0.492 e. The van der Waals surface area contributed by atoms with Gasteiger partial charge >= 0.3 is 0 Å². The normalized spacial score (nSPS) is 11.2. The summed E-state index contributed by atoms with van der Waals surface area (Å²) in [5.74, 6) is 1.46. The molecule has 2 heteroatoms. The van der Waals surface area contributed by atoms with Crippen molar-refractivity contribution < 1.29 is 9.47 Å². The predicted molar refractivity (Wildman–Crippen MR) is 110 cm³/mol. The van der Waals surface area contributed by atoms with E-state index in [1.165, 1.54) is 0 Å². The van der Waals surface area contributed by atoms with E-state index in [2.05, 4.69) is 36.4 Å². The van der Waals surface area contributed by atoms with Crippen molar-refractivity contribution in [3.8, 4) is 11.5 Å². The van der Waals surface area contributed by atoms with E-state index in [1.807, 2.05) is 60.7 Å². The van der Waals surface area contributed by atoms with Gasteiger partial charge in [-0.2, -0.15) is 0 Å². The summed E-state index contributed by atoms with van der Waals surface area (Å²) in [6, 6.07) is 24.5. The van der Waals surface area contributed by atoms with Gasteiger partial charge in [0.1, 0.15) is 0 Å². The molecule has 130 valence electrons. The molecule has 3 aromatic carbocycles. The van der Waals surface area contributed by atoms with E-state index < -0.39 is 0 Å². The van der Waals surface area contributed by atoms with Gasteiger partial charge in [0.05, 0.1) is 14.2 Å². The van der Waals surface area contributed by atoms with Crippen LogP contribution in [0, 0.1) is 0 Å². The topological polar surface area (TPSA) is 18.5 Å². The maximum atomic E-state index is 5.64. The Balaban J connectivity index is 1.93. The standard InChI is InChI=1S/C24H22O2/c1-25-23-21(15-13-19-9-5-3-6-10-19)17-18-22(24(23)26-2)16-14-20-11-7-4-8-12-20/h3-18H,1-2H3/b15-13-,16-14-. The molecular weight excluding hydrogens is 320 g/mol. The molecule has 0 saturated carbocycles. The zero-order valence-electron chi connectivity index (χ0n) is 15.1. The highest BCUT2D eigenvalue weighted by atomic mass is 16.5. The van der Waals surface area contributed by atoms with Gasteiger partial charge in [-0.25, -0.2) is 0 Å². The van der Waals surface area contributed by atoms with Crippen molar-refractivity contribution in [1.29, 1.82) is 0 Å². The van der Waals surface area contributed by atoms with Crippen LogP contribution in [0.4, 0.5) is 0 Å². The lowest BCUT2D eigenvalue weighted by Crippen LogP contribution is -1.95. The number of benzene rings is 3. The lowest BCUT2D eigenvalue weighted by Gasteiger charge is -2.13. The van der Waals surface area contributed by atoms with Crippen molar-refractivity contribution in [1.82, 2.24) is 0 Å². The molecule has 0 aliphatic carbocycles. The highest BCUT2D eigenvalue weighted by Crippen LogP contribution is 2.36. The van der Waals surface area contributed by atoms with Crippen LogP contribution in [0.2, 0.25) is 0 Å². The van der Waals surface area contributed by atoms with Crippen molar-refractivity contribution in [3.05, 3.63) is 95.1 Å². The third-order valence-electron chi connectivity index (χ3n) is 4.09. The number of methoxy groups -OCH3 is 2. The van der Waals surface area contributed by atoms with Gasteiger partial charge in [-0.15, -0.1) is 0 Å². The number of hydrogen-bond donors (Lipinski definition) is 0. The summed E-state index contributed by atoms with van der Waals surface area (Å²) in [4.78, 5) is 0. The maximum absolute atomic E-state index is 5.64. The Hall–Kier alpha value is -3.26. The fourth-order valence-electron chi connectivity index (χ4n) is 2.78. The Morgan fingerprint density at radius 2 is 0.885 bits per heavy atom. The quantitative estimate of drug-likeness (QED) is 0.508. The smallest absolute Gasteiger partial charge is 0.168 e. The van der Waals surface area contributed by atoms with Crippen LogP contribution in [-0.2, 0) is 0 Å². The van der Waals surface area contributed by atoms with Crippen molar-refractivity contribution in [2.75, 3.05) is 14.2 Å². The Kier molecular flexibility index (Phi) is 5.89. The fraction of sp³-hybridized carbons (Fsp3) is 0.0833. The first-order valence-electron chi connectivity index (χ1n) is 8.53. The molecule has 0 aliphatic heterocycles. The van der Waals surface area contributed by atoms with Crippen LogP contribution in [0.1, 0.15) is 22.3 Å². The van der Waals surface area contributed by atoms with E-state index in [0.717, 1.165) is 33.8 Å². The van der Waals surface area contributed by atoms with Crippen LogP contribution >= 0.6 is 0 Å². The largest absolute Gasteiger partial charge is 0.492 e. The number of rotatable bonds is 6. The monoisotopic (exact) mass is 342 g/mol. The molecule has 0 spiro atoms. The molecule has 0 atom stereocenters. The molecule has 0 heterocycles. The van der Waals surface area contributed by atoms with Crippen LogP contribution < -0.4 is 9.47 Å². The first kappa shape index (κ1) is 17.6. The van der Waals surface area contributed by atoms with Gasteiger partial charge in [0, 0.05) is 11.1 Å². The molecule has 0 radical (unpaired) electrons. The SMILES string of the molecule is COc1c(/C=C\c2ccccc2)ccc(/C=C\c2ccccc2)c1OC.